The van der Waals surface area contributed by atoms with Gasteiger partial charge in [0.2, 0.25) is 0 Å². The highest BCUT2D eigenvalue weighted by Crippen LogP contribution is 2.38. The van der Waals surface area contributed by atoms with Gasteiger partial charge in [0.25, 0.3) is 11.3 Å². The summed E-state index contributed by atoms with van der Waals surface area (Å²) < 4.78 is 22.8. The predicted molar refractivity (Wildman–Crippen MR) is 93.1 cm³/mol. The number of carboxylic acids is 1. The first-order valence-corrected chi connectivity index (χ1v) is 8.21. The molecule has 24 heavy (non-hydrogen) atoms. The van der Waals surface area contributed by atoms with Gasteiger partial charge in [0.15, 0.2) is 0 Å². The van der Waals surface area contributed by atoms with E-state index in [0.717, 1.165) is 9.69 Å². The zero-order chi connectivity index (χ0) is 17.3. The number of rotatable bonds is 4. The lowest BCUT2D eigenvalue weighted by molar-refractivity contribution is 0.0698. The number of fused-ring (bicyclic) bond motifs is 1. The zero-order valence-electron chi connectivity index (χ0n) is 12.1. The second kappa shape index (κ2) is 6.56. The minimum Gasteiger partial charge on any atom is -0.478 e. The van der Waals surface area contributed by atoms with Crippen LogP contribution in [0.15, 0.2) is 54.7 Å². The number of para-hydroxylation sites is 2. The number of halogens is 1. The second-order valence-corrected chi connectivity index (χ2v) is 6.05. The fraction of sp³-hybridized carbons (Fsp3) is 0. The van der Waals surface area contributed by atoms with E-state index in [9.17, 15) is 18.7 Å². The van der Waals surface area contributed by atoms with Crippen LogP contribution in [0, 0.1) is 0 Å². The number of aromatic nitrogens is 1. The van der Waals surface area contributed by atoms with Crippen LogP contribution < -0.4 is 4.31 Å². The molecule has 0 amide bonds. The monoisotopic (exact) mass is 362 g/mol. The summed E-state index contributed by atoms with van der Waals surface area (Å²) >= 11 is 3.59. The van der Waals surface area contributed by atoms with Gasteiger partial charge in [-0.25, -0.2) is 13.3 Å². The standard InChI is InChI=1S/C16H11ClN2O4S/c17-12-7-2-6-11(16(20)21)15(12)19(24(22)23)13-8-1-4-10-5-3-9-18-14(10)13/h1-9H,(H,20,21)(H,22,23). The Balaban J connectivity index is 2.34. The van der Waals surface area contributed by atoms with Gasteiger partial charge in [0.1, 0.15) is 0 Å². The van der Waals surface area contributed by atoms with Gasteiger partial charge in [-0.3, -0.25) is 9.54 Å². The van der Waals surface area contributed by atoms with Crippen LogP contribution in [0.2, 0.25) is 5.02 Å². The Kier molecular flexibility index (Phi) is 4.48. The Hall–Kier alpha value is -2.48. The fourth-order valence-electron chi connectivity index (χ4n) is 2.43. The summed E-state index contributed by atoms with van der Waals surface area (Å²) in [5.41, 5.74) is 0.492. The largest absolute Gasteiger partial charge is 0.478 e. The first kappa shape index (κ1) is 16.4. The molecule has 0 radical (unpaired) electrons. The Morgan fingerprint density at radius 3 is 2.54 bits per heavy atom. The van der Waals surface area contributed by atoms with Crippen LogP contribution in [0.25, 0.3) is 10.9 Å². The number of aromatic carboxylic acids is 1. The van der Waals surface area contributed by atoms with Gasteiger partial charge in [-0.1, -0.05) is 35.9 Å². The average molecular weight is 363 g/mol. The Bertz CT molecular complexity index is 958. The number of hydrogen-bond donors (Lipinski definition) is 2. The first-order chi connectivity index (χ1) is 11.5. The third-order valence-electron chi connectivity index (χ3n) is 3.41. The highest BCUT2D eigenvalue weighted by Gasteiger charge is 2.26. The van der Waals surface area contributed by atoms with Crippen molar-refractivity contribution in [3.63, 3.8) is 0 Å². The van der Waals surface area contributed by atoms with Crippen molar-refractivity contribution in [2.75, 3.05) is 4.31 Å². The van der Waals surface area contributed by atoms with E-state index in [1.807, 2.05) is 0 Å². The molecule has 0 bridgehead atoms. The maximum atomic E-state index is 12.0. The van der Waals surface area contributed by atoms with E-state index in [4.69, 9.17) is 11.6 Å². The lowest BCUT2D eigenvalue weighted by Crippen LogP contribution is -2.22. The summed E-state index contributed by atoms with van der Waals surface area (Å²) in [6, 6.07) is 12.9. The molecule has 122 valence electrons. The molecule has 0 aliphatic carbocycles. The highest BCUT2D eigenvalue weighted by atomic mass is 35.5. The molecule has 3 rings (SSSR count). The molecule has 0 saturated heterocycles. The van der Waals surface area contributed by atoms with Crippen LogP contribution in [0.4, 0.5) is 11.4 Å². The average Bonchev–Trinajstić information content (AvgIpc) is 2.56. The molecule has 1 unspecified atom stereocenters. The molecule has 0 spiro atoms. The molecule has 0 saturated carbocycles. The van der Waals surface area contributed by atoms with Crippen molar-refractivity contribution in [1.29, 1.82) is 0 Å². The van der Waals surface area contributed by atoms with Crippen molar-refractivity contribution in [3.05, 3.63) is 65.3 Å². The number of hydrogen-bond acceptors (Lipinski definition) is 3. The molecule has 2 N–H and O–H groups in total. The van der Waals surface area contributed by atoms with Gasteiger partial charge >= 0.3 is 5.97 Å². The number of benzene rings is 2. The molecule has 1 heterocycles. The van der Waals surface area contributed by atoms with E-state index >= 15 is 0 Å². The maximum Gasteiger partial charge on any atom is 0.337 e. The molecular formula is C16H11ClN2O4S. The Morgan fingerprint density at radius 1 is 1.12 bits per heavy atom. The maximum absolute atomic E-state index is 12.0. The molecular weight excluding hydrogens is 352 g/mol. The summed E-state index contributed by atoms with van der Waals surface area (Å²) in [6.45, 7) is 0. The topological polar surface area (TPSA) is 90.7 Å². The minimum atomic E-state index is -2.55. The van der Waals surface area contributed by atoms with E-state index in [-0.39, 0.29) is 22.0 Å². The molecule has 1 aromatic heterocycles. The van der Waals surface area contributed by atoms with Crippen molar-refractivity contribution >= 4 is 51.1 Å². The summed E-state index contributed by atoms with van der Waals surface area (Å²) in [7, 11) is 0. The third-order valence-corrected chi connectivity index (χ3v) is 4.40. The van der Waals surface area contributed by atoms with Crippen LogP contribution in [0.1, 0.15) is 10.4 Å². The molecule has 0 aliphatic heterocycles. The summed E-state index contributed by atoms with van der Waals surface area (Å²) in [5.74, 6) is -1.25. The van der Waals surface area contributed by atoms with E-state index in [2.05, 4.69) is 4.98 Å². The van der Waals surface area contributed by atoms with E-state index in [0.29, 0.717) is 5.52 Å². The van der Waals surface area contributed by atoms with Crippen molar-refractivity contribution in [2.45, 2.75) is 0 Å². The van der Waals surface area contributed by atoms with E-state index in [1.54, 1.807) is 36.5 Å². The highest BCUT2D eigenvalue weighted by molar-refractivity contribution is 7.81. The van der Waals surface area contributed by atoms with Crippen LogP contribution in [-0.2, 0) is 11.3 Å². The van der Waals surface area contributed by atoms with Gasteiger partial charge in [0, 0.05) is 11.6 Å². The number of anilines is 2. The second-order valence-electron chi connectivity index (χ2n) is 4.82. The number of carbonyl (C=O) groups is 1. The Labute approximate surface area is 144 Å². The molecule has 2 aromatic carbocycles. The predicted octanol–water partition coefficient (Wildman–Crippen LogP) is 3.86. The molecule has 0 fully saturated rings. The molecule has 1 atom stereocenters. The normalized spacial score (nSPS) is 12.1. The summed E-state index contributed by atoms with van der Waals surface area (Å²) in [5, 5.41) is 10.2. The van der Waals surface area contributed by atoms with Crippen LogP contribution in [0.5, 0.6) is 0 Å². The van der Waals surface area contributed by atoms with Gasteiger partial charge in [0.05, 0.1) is 27.5 Å². The SMILES string of the molecule is O=C(O)c1cccc(Cl)c1N(c1cccc2cccnc12)S(=O)O. The van der Waals surface area contributed by atoms with Gasteiger partial charge in [-0.05, 0) is 24.3 Å². The number of pyridine rings is 1. The van der Waals surface area contributed by atoms with Crippen molar-refractivity contribution in [3.8, 4) is 0 Å². The van der Waals surface area contributed by atoms with Crippen molar-refractivity contribution in [2.24, 2.45) is 0 Å². The lowest BCUT2D eigenvalue weighted by Gasteiger charge is -2.23. The van der Waals surface area contributed by atoms with E-state index < -0.39 is 17.2 Å². The smallest absolute Gasteiger partial charge is 0.337 e. The zero-order valence-corrected chi connectivity index (χ0v) is 13.7. The van der Waals surface area contributed by atoms with Crippen LogP contribution >= 0.6 is 11.6 Å². The minimum absolute atomic E-state index is 0.0465. The molecule has 3 aromatic rings. The Morgan fingerprint density at radius 2 is 1.83 bits per heavy atom. The van der Waals surface area contributed by atoms with E-state index in [1.165, 1.54) is 18.2 Å². The van der Waals surface area contributed by atoms with Gasteiger partial charge in [-0.2, -0.15) is 0 Å². The van der Waals surface area contributed by atoms with Gasteiger partial charge < -0.3 is 5.11 Å². The molecule has 6 nitrogen and oxygen atoms in total. The first-order valence-electron chi connectivity index (χ1n) is 6.77. The third kappa shape index (κ3) is 2.84. The summed E-state index contributed by atoms with van der Waals surface area (Å²) in [4.78, 5) is 15.8. The molecule has 8 heteroatoms. The number of nitrogens with zero attached hydrogens (tertiary/aromatic N) is 2. The number of carboxylic acid groups (broad SMARTS) is 1. The van der Waals surface area contributed by atoms with Crippen molar-refractivity contribution < 1.29 is 18.7 Å². The fourth-order valence-corrected chi connectivity index (χ4v) is 3.41. The summed E-state index contributed by atoms with van der Waals surface area (Å²) in [6.07, 6.45) is 1.55. The lowest BCUT2D eigenvalue weighted by atomic mass is 10.1. The van der Waals surface area contributed by atoms with Crippen LogP contribution in [-0.4, -0.2) is 24.8 Å². The van der Waals surface area contributed by atoms with Gasteiger partial charge in [-0.15, -0.1) is 0 Å². The molecule has 0 aliphatic rings. The quantitative estimate of drug-likeness (QED) is 0.688. The van der Waals surface area contributed by atoms with Crippen molar-refractivity contribution in [1.82, 2.24) is 4.98 Å². The van der Waals surface area contributed by atoms with Crippen LogP contribution in [0.3, 0.4) is 0 Å².